The van der Waals surface area contributed by atoms with Crippen LogP contribution < -0.4 is 16.0 Å². The summed E-state index contributed by atoms with van der Waals surface area (Å²) in [6.07, 6.45) is 6.83. The van der Waals surface area contributed by atoms with Gasteiger partial charge in [0.2, 0.25) is 5.91 Å². The van der Waals surface area contributed by atoms with Crippen LogP contribution in [0.5, 0.6) is 0 Å². The molecule has 0 bridgehead atoms. The predicted molar refractivity (Wildman–Crippen MR) is 86.5 cm³/mol. The number of nitrogens with one attached hydrogen (secondary N) is 1. The lowest BCUT2D eigenvalue weighted by atomic mass is 10.0. The van der Waals surface area contributed by atoms with Crippen molar-refractivity contribution in [2.75, 3.05) is 23.3 Å². The van der Waals surface area contributed by atoms with Crippen LogP contribution in [0.25, 0.3) is 0 Å². The number of hydrogen-bond donors (Lipinski definition) is 2. The van der Waals surface area contributed by atoms with Gasteiger partial charge in [-0.3, -0.25) is 4.79 Å². The molecule has 2 atom stereocenters. The molecule has 1 amide bonds. The van der Waals surface area contributed by atoms with E-state index in [2.05, 4.69) is 22.3 Å². The lowest BCUT2D eigenvalue weighted by Crippen LogP contribution is -2.34. The molecule has 0 radical (unpaired) electrons. The van der Waals surface area contributed by atoms with Crippen LogP contribution in [-0.2, 0) is 4.79 Å². The van der Waals surface area contributed by atoms with E-state index in [0.29, 0.717) is 0 Å². The van der Waals surface area contributed by atoms with Gasteiger partial charge in [0.1, 0.15) is 0 Å². The molecule has 21 heavy (non-hydrogen) atoms. The molecule has 1 aliphatic heterocycles. The summed E-state index contributed by atoms with van der Waals surface area (Å²) in [5, 5.41) is 3.01. The summed E-state index contributed by atoms with van der Waals surface area (Å²) in [5.74, 6) is 0.0532. The number of piperidine rings is 1. The zero-order valence-corrected chi connectivity index (χ0v) is 12.6. The Morgan fingerprint density at radius 3 is 2.38 bits per heavy atom. The molecule has 3 N–H and O–H groups in total. The van der Waals surface area contributed by atoms with E-state index in [0.717, 1.165) is 38.0 Å². The highest BCUT2D eigenvalue weighted by Gasteiger charge is 2.30. The van der Waals surface area contributed by atoms with Crippen LogP contribution in [0.4, 0.5) is 11.4 Å². The largest absolute Gasteiger partial charge is 0.372 e. The van der Waals surface area contributed by atoms with Crippen molar-refractivity contribution in [1.82, 2.24) is 0 Å². The molecule has 1 saturated carbocycles. The molecule has 1 saturated heterocycles. The number of carbonyl (C=O) groups is 1. The average Bonchev–Trinajstić information content (AvgIpc) is 2.95. The molecule has 1 aliphatic carbocycles. The fraction of sp³-hybridized carbons (Fsp3) is 0.588. The van der Waals surface area contributed by atoms with E-state index in [4.69, 9.17) is 5.73 Å². The number of hydrogen-bond acceptors (Lipinski definition) is 3. The monoisotopic (exact) mass is 287 g/mol. The fourth-order valence-electron chi connectivity index (χ4n) is 3.46. The number of benzene rings is 1. The van der Waals surface area contributed by atoms with Gasteiger partial charge in [-0.15, -0.1) is 0 Å². The molecular weight excluding hydrogens is 262 g/mol. The molecule has 114 valence electrons. The summed E-state index contributed by atoms with van der Waals surface area (Å²) in [6.45, 7) is 2.28. The first-order valence-electron chi connectivity index (χ1n) is 8.15. The Morgan fingerprint density at radius 2 is 1.76 bits per heavy atom. The van der Waals surface area contributed by atoms with Crippen molar-refractivity contribution >= 4 is 17.3 Å². The third-order valence-electron chi connectivity index (χ3n) is 4.76. The fourth-order valence-corrected chi connectivity index (χ4v) is 3.46. The zero-order valence-electron chi connectivity index (χ0n) is 12.6. The van der Waals surface area contributed by atoms with Crippen molar-refractivity contribution in [3.63, 3.8) is 0 Å². The molecule has 2 fully saturated rings. The zero-order chi connectivity index (χ0) is 14.7. The third kappa shape index (κ3) is 3.38. The summed E-state index contributed by atoms with van der Waals surface area (Å²) < 4.78 is 0. The molecule has 1 aromatic rings. The summed E-state index contributed by atoms with van der Waals surface area (Å²) in [5.41, 5.74) is 8.12. The number of carbonyl (C=O) groups excluding carboxylic acids is 1. The standard InChI is InChI=1S/C17H25N3O/c18-16-6-4-5-15(16)17(21)19-13-7-9-14(10-8-13)20-11-2-1-3-12-20/h7-10,15-16H,1-6,11-12,18H2,(H,19,21). The van der Waals surface area contributed by atoms with Crippen LogP contribution in [0, 0.1) is 5.92 Å². The Labute approximate surface area is 126 Å². The number of rotatable bonds is 3. The first-order valence-corrected chi connectivity index (χ1v) is 8.15. The molecular formula is C17H25N3O. The van der Waals surface area contributed by atoms with Crippen molar-refractivity contribution < 1.29 is 4.79 Å². The minimum atomic E-state index is -0.0215. The van der Waals surface area contributed by atoms with Gasteiger partial charge in [0, 0.05) is 30.5 Å². The van der Waals surface area contributed by atoms with Gasteiger partial charge in [0.25, 0.3) is 0 Å². The van der Waals surface area contributed by atoms with Crippen molar-refractivity contribution in [1.29, 1.82) is 0 Å². The third-order valence-corrected chi connectivity index (χ3v) is 4.76. The first kappa shape index (κ1) is 14.4. The Hall–Kier alpha value is -1.55. The molecule has 2 aliphatic rings. The van der Waals surface area contributed by atoms with E-state index in [1.54, 1.807) is 0 Å². The predicted octanol–water partition coefficient (Wildman–Crippen LogP) is 2.74. The highest BCUT2D eigenvalue weighted by atomic mass is 16.1. The normalized spacial score (nSPS) is 25.9. The molecule has 0 aromatic heterocycles. The average molecular weight is 287 g/mol. The molecule has 2 unspecified atom stereocenters. The highest BCUT2D eigenvalue weighted by molar-refractivity contribution is 5.93. The smallest absolute Gasteiger partial charge is 0.229 e. The van der Waals surface area contributed by atoms with Gasteiger partial charge < -0.3 is 16.0 Å². The maximum atomic E-state index is 12.2. The lowest BCUT2D eigenvalue weighted by Gasteiger charge is -2.28. The SMILES string of the molecule is NC1CCCC1C(=O)Nc1ccc(N2CCCCC2)cc1. The van der Waals surface area contributed by atoms with Crippen molar-refractivity contribution in [2.24, 2.45) is 11.7 Å². The second-order valence-electron chi connectivity index (χ2n) is 6.29. The quantitative estimate of drug-likeness (QED) is 0.898. The van der Waals surface area contributed by atoms with E-state index < -0.39 is 0 Å². The minimum Gasteiger partial charge on any atom is -0.372 e. The van der Waals surface area contributed by atoms with Crippen molar-refractivity contribution in [3.05, 3.63) is 24.3 Å². The minimum absolute atomic E-state index is 0.0215. The maximum Gasteiger partial charge on any atom is 0.229 e. The van der Waals surface area contributed by atoms with E-state index in [9.17, 15) is 4.79 Å². The molecule has 0 spiro atoms. The Bertz CT molecular complexity index is 479. The van der Waals surface area contributed by atoms with Crippen LogP contribution >= 0.6 is 0 Å². The highest BCUT2D eigenvalue weighted by Crippen LogP contribution is 2.26. The van der Waals surface area contributed by atoms with Gasteiger partial charge in [-0.25, -0.2) is 0 Å². The molecule has 4 nitrogen and oxygen atoms in total. The van der Waals surface area contributed by atoms with E-state index in [1.807, 2.05) is 12.1 Å². The molecule has 4 heteroatoms. The van der Waals surface area contributed by atoms with Crippen LogP contribution in [0.15, 0.2) is 24.3 Å². The topological polar surface area (TPSA) is 58.4 Å². The number of nitrogens with two attached hydrogens (primary N) is 1. The van der Waals surface area contributed by atoms with Crippen LogP contribution in [0.1, 0.15) is 38.5 Å². The van der Waals surface area contributed by atoms with Crippen molar-refractivity contribution in [3.8, 4) is 0 Å². The second kappa shape index (κ2) is 6.48. The van der Waals surface area contributed by atoms with Gasteiger partial charge in [-0.05, 0) is 56.4 Å². The summed E-state index contributed by atoms with van der Waals surface area (Å²) in [7, 11) is 0. The van der Waals surface area contributed by atoms with Crippen molar-refractivity contribution in [2.45, 2.75) is 44.6 Å². The maximum absolute atomic E-state index is 12.2. The van der Waals surface area contributed by atoms with Gasteiger partial charge in [-0.2, -0.15) is 0 Å². The number of nitrogens with zero attached hydrogens (tertiary/aromatic N) is 1. The molecule has 1 aromatic carbocycles. The van der Waals surface area contributed by atoms with Crippen LogP contribution in [-0.4, -0.2) is 25.0 Å². The Balaban J connectivity index is 1.60. The molecule has 1 heterocycles. The van der Waals surface area contributed by atoms with Crippen LogP contribution in [0.2, 0.25) is 0 Å². The van der Waals surface area contributed by atoms with E-state index in [1.165, 1.54) is 24.9 Å². The van der Waals surface area contributed by atoms with Crippen LogP contribution in [0.3, 0.4) is 0 Å². The summed E-state index contributed by atoms with van der Waals surface area (Å²) >= 11 is 0. The van der Waals surface area contributed by atoms with Gasteiger partial charge in [-0.1, -0.05) is 6.42 Å². The van der Waals surface area contributed by atoms with Gasteiger partial charge in [0.15, 0.2) is 0 Å². The summed E-state index contributed by atoms with van der Waals surface area (Å²) in [6, 6.07) is 8.24. The molecule has 3 rings (SSSR count). The lowest BCUT2D eigenvalue weighted by molar-refractivity contribution is -0.120. The number of anilines is 2. The summed E-state index contributed by atoms with van der Waals surface area (Å²) in [4.78, 5) is 14.6. The first-order chi connectivity index (χ1) is 10.2. The Kier molecular flexibility index (Phi) is 4.44. The number of amides is 1. The van der Waals surface area contributed by atoms with E-state index >= 15 is 0 Å². The van der Waals surface area contributed by atoms with E-state index in [-0.39, 0.29) is 17.9 Å². The van der Waals surface area contributed by atoms with Gasteiger partial charge >= 0.3 is 0 Å². The van der Waals surface area contributed by atoms with Gasteiger partial charge in [0.05, 0.1) is 5.92 Å². The second-order valence-corrected chi connectivity index (χ2v) is 6.29. The Morgan fingerprint density at radius 1 is 1.05 bits per heavy atom.